The Balaban J connectivity index is 1.62. The first-order valence-electron chi connectivity index (χ1n) is 12.5. The predicted octanol–water partition coefficient (Wildman–Crippen LogP) is 4.12. The van der Waals surface area contributed by atoms with E-state index in [4.69, 9.17) is 0 Å². The summed E-state index contributed by atoms with van der Waals surface area (Å²) in [5.74, 6) is -0.505. The fourth-order valence-corrected chi connectivity index (χ4v) is 7.16. The molecule has 0 bridgehead atoms. The van der Waals surface area contributed by atoms with Gasteiger partial charge in [0.2, 0.25) is 0 Å². The highest BCUT2D eigenvalue weighted by atomic mass is 32.2. The number of anilines is 2. The molecule has 2 aromatic heterocycles. The highest BCUT2D eigenvalue weighted by Gasteiger charge is 2.35. The minimum absolute atomic E-state index is 0.0138. The van der Waals surface area contributed by atoms with Crippen LogP contribution in [0.15, 0.2) is 97.7 Å². The zero-order valence-electron chi connectivity index (χ0n) is 22.6. The second kappa shape index (κ2) is 10.4. The van der Waals surface area contributed by atoms with Gasteiger partial charge in [0.25, 0.3) is 30.3 Å². The van der Waals surface area contributed by atoms with Crippen molar-refractivity contribution in [2.45, 2.75) is 21.6 Å². The van der Waals surface area contributed by atoms with Gasteiger partial charge in [0.1, 0.15) is 27.1 Å². The molecular weight excluding hydrogens is 649 g/mol. The molecule has 6 rings (SSSR count). The van der Waals surface area contributed by atoms with Crippen LogP contribution in [0.4, 0.5) is 23.0 Å². The summed E-state index contributed by atoms with van der Waals surface area (Å²) in [4.78, 5) is -1.61. The zero-order chi connectivity index (χ0) is 32.3. The molecule has 3 N–H and O–H groups in total. The molecule has 0 saturated heterocycles. The molecule has 0 amide bonds. The average Bonchev–Trinajstić information content (AvgIpc) is 3.52. The molecule has 5 aromatic rings. The molecule has 0 fully saturated rings. The van der Waals surface area contributed by atoms with Gasteiger partial charge < -0.3 is 5.32 Å². The van der Waals surface area contributed by atoms with Crippen molar-refractivity contribution in [3.63, 3.8) is 0 Å². The van der Waals surface area contributed by atoms with Crippen molar-refractivity contribution >= 4 is 53.3 Å². The van der Waals surface area contributed by atoms with Crippen molar-refractivity contribution in [3.8, 4) is 23.0 Å². The Morgan fingerprint density at radius 1 is 0.911 bits per heavy atom. The van der Waals surface area contributed by atoms with Crippen LogP contribution >= 0.6 is 0 Å². The fraction of sp³-hybridized carbons (Fsp3) is 0.0385. The highest BCUT2D eigenvalue weighted by Crippen LogP contribution is 2.45. The van der Waals surface area contributed by atoms with Crippen LogP contribution in [0.2, 0.25) is 0 Å². The van der Waals surface area contributed by atoms with Gasteiger partial charge in [-0.3, -0.25) is 9.11 Å². The maximum absolute atomic E-state index is 13.5. The molecule has 0 spiro atoms. The van der Waals surface area contributed by atoms with E-state index in [1.807, 2.05) is 6.07 Å². The van der Waals surface area contributed by atoms with E-state index in [2.05, 4.69) is 25.7 Å². The number of benzene rings is 3. The number of nitriles is 1. The Morgan fingerprint density at radius 3 is 2.27 bits per heavy atom. The van der Waals surface area contributed by atoms with Gasteiger partial charge >= 0.3 is 0 Å². The monoisotopic (exact) mass is 666 g/mol. The number of hydrogen-bond donors (Lipinski definition) is 3. The van der Waals surface area contributed by atoms with E-state index >= 15 is 0 Å². The Hall–Kier alpha value is -5.26. The SMILES string of the molecule is Cc1nn(-c2cc(S(=O)(=O)O)ccc2S(=O)(=O)O)c(/N=N/c2c(-c3ccccc3)nn3c2Nc2ccccc2S3(=O)=O)c1C#N. The van der Waals surface area contributed by atoms with Gasteiger partial charge in [0.05, 0.1) is 22.0 Å². The molecule has 0 radical (unpaired) electrons. The first-order chi connectivity index (χ1) is 21.2. The Bertz CT molecular complexity index is 2450. The van der Waals surface area contributed by atoms with Gasteiger partial charge in [-0.25, -0.2) is 4.68 Å². The fourth-order valence-electron chi connectivity index (χ4n) is 4.62. The molecule has 0 unspecified atom stereocenters. The lowest BCUT2D eigenvalue weighted by atomic mass is 10.1. The van der Waals surface area contributed by atoms with E-state index in [1.165, 1.54) is 19.1 Å². The number of para-hydroxylation sites is 1. The first-order valence-corrected chi connectivity index (χ1v) is 16.8. The number of rotatable bonds is 6. The van der Waals surface area contributed by atoms with Crippen LogP contribution < -0.4 is 5.32 Å². The lowest BCUT2D eigenvalue weighted by molar-refractivity contribution is 0.477. The maximum Gasteiger partial charge on any atom is 0.296 e. The lowest BCUT2D eigenvalue weighted by Gasteiger charge is -2.19. The number of hydrogen-bond acceptors (Lipinski definition) is 12. The maximum atomic E-state index is 13.5. The van der Waals surface area contributed by atoms with Crippen molar-refractivity contribution in [3.05, 3.63) is 84.1 Å². The van der Waals surface area contributed by atoms with Crippen molar-refractivity contribution in [2.24, 2.45) is 10.2 Å². The molecule has 19 heteroatoms. The van der Waals surface area contributed by atoms with Gasteiger partial charge in [-0.05, 0) is 37.3 Å². The molecule has 1 aliphatic heterocycles. The van der Waals surface area contributed by atoms with Crippen LogP contribution in [0.25, 0.3) is 16.9 Å². The van der Waals surface area contributed by atoms with Crippen molar-refractivity contribution < 1.29 is 34.4 Å². The number of nitrogens with one attached hydrogen (secondary N) is 1. The third-order valence-corrected chi connectivity index (χ3v) is 10.0. The number of fused-ring (bicyclic) bond motifs is 2. The van der Waals surface area contributed by atoms with E-state index in [1.54, 1.807) is 42.5 Å². The smallest absolute Gasteiger partial charge is 0.296 e. The van der Waals surface area contributed by atoms with Gasteiger partial charge in [-0.15, -0.1) is 14.3 Å². The molecule has 0 saturated carbocycles. The van der Waals surface area contributed by atoms with Gasteiger partial charge in [0.15, 0.2) is 17.3 Å². The van der Waals surface area contributed by atoms with Crippen molar-refractivity contribution in [1.82, 2.24) is 19.0 Å². The molecular formula is C26H18N8O8S3. The van der Waals surface area contributed by atoms with Crippen molar-refractivity contribution in [2.75, 3.05) is 5.32 Å². The van der Waals surface area contributed by atoms with E-state index in [0.29, 0.717) is 11.6 Å². The molecule has 1 aliphatic rings. The van der Waals surface area contributed by atoms with Crippen molar-refractivity contribution in [1.29, 1.82) is 5.26 Å². The number of aryl methyl sites for hydroxylation is 1. The molecule has 0 aliphatic carbocycles. The second-order valence-electron chi connectivity index (χ2n) is 9.47. The lowest BCUT2D eigenvalue weighted by Crippen LogP contribution is -2.22. The quantitative estimate of drug-likeness (QED) is 0.168. The third-order valence-electron chi connectivity index (χ3n) is 6.65. The summed E-state index contributed by atoms with van der Waals surface area (Å²) in [6.45, 7) is 1.38. The minimum Gasteiger partial charge on any atom is -0.336 e. The normalized spacial score (nSPS) is 14.0. The van der Waals surface area contributed by atoms with Crippen LogP contribution in [0.5, 0.6) is 0 Å². The van der Waals surface area contributed by atoms with Gasteiger partial charge in [-0.1, -0.05) is 42.5 Å². The van der Waals surface area contributed by atoms with E-state index in [-0.39, 0.29) is 39.0 Å². The summed E-state index contributed by atoms with van der Waals surface area (Å²) >= 11 is 0. The largest absolute Gasteiger partial charge is 0.336 e. The van der Waals surface area contributed by atoms with Crippen LogP contribution in [0, 0.1) is 18.3 Å². The Labute approximate surface area is 255 Å². The highest BCUT2D eigenvalue weighted by molar-refractivity contribution is 7.90. The summed E-state index contributed by atoms with van der Waals surface area (Å²) in [5.41, 5.74) is -0.109. The number of azo groups is 1. The first kappa shape index (κ1) is 29.8. The van der Waals surface area contributed by atoms with E-state index in [9.17, 15) is 39.6 Å². The second-order valence-corrected chi connectivity index (χ2v) is 14.0. The van der Waals surface area contributed by atoms with Crippen LogP contribution in [-0.4, -0.2) is 53.3 Å². The zero-order valence-corrected chi connectivity index (χ0v) is 25.1. The summed E-state index contributed by atoms with van der Waals surface area (Å²) < 4.78 is 96.3. The molecule has 228 valence electrons. The number of nitrogens with zero attached hydrogens (tertiary/aromatic N) is 7. The summed E-state index contributed by atoms with van der Waals surface area (Å²) in [5, 5.41) is 29.8. The molecule has 16 nitrogen and oxygen atoms in total. The van der Waals surface area contributed by atoms with E-state index < -0.39 is 51.6 Å². The molecule has 3 heterocycles. The topological polar surface area (TPSA) is 239 Å². The Morgan fingerprint density at radius 2 is 1.60 bits per heavy atom. The van der Waals surface area contributed by atoms with Gasteiger partial charge in [-0.2, -0.15) is 40.7 Å². The van der Waals surface area contributed by atoms with Crippen LogP contribution in [0.1, 0.15) is 11.3 Å². The standard InChI is InChI=1S/C26H18N8O8S3/c1-15-18(14-27)25(33(31-15)20-13-17(44(37,38)39)11-12-22(20)45(40,41)42)30-29-24-23(16-7-3-2-4-8-16)32-34-26(24)28-19-9-5-6-10-21(19)43(34,35)36/h2-13,28H,1H3,(H,37,38,39)(H,40,41,42)/b30-29+. The van der Waals surface area contributed by atoms with Crippen LogP contribution in [0.3, 0.4) is 0 Å². The molecule has 0 atom stereocenters. The molecule has 45 heavy (non-hydrogen) atoms. The Kier molecular flexibility index (Phi) is 6.90. The average molecular weight is 667 g/mol. The van der Waals surface area contributed by atoms with Crippen LogP contribution in [-0.2, 0) is 30.3 Å². The summed E-state index contributed by atoms with van der Waals surface area (Å²) in [6.07, 6.45) is 0. The van der Waals surface area contributed by atoms with E-state index in [0.717, 1.165) is 20.9 Å². The summed E-state index contributed by atoms with van der Waals surface area (Å²) in [6, 6.07) is 18.6. The third kappa shape index (κ3) is 5.05. The number of aromatic nitrogens is 4. The summed E-state index contributed by atoms with van der Waals surface area (Å²) in [7, 11) is -14.1. The minimum atomic E-state index is -5.01. The van der Waals surface area contributed by atoms with Gasteiger partial charge in [0, 0.05) is 5.56 Å². The predicted molar refractivity (Wildman–Crippen MR) is 157 cm³/mol. The molecule has 3 aromatic carbocycles.